The van der Waals surface area contributed by atoms with E-state index in [1.165, 1.54) is 16.9 Å². The lowest BCUT2D eigenvalue weighted by Gasteiger charge is -2.35. The highest BCUT2D eigenvalue weighted by Crippen LogP contribution is 2.41. The van der Waals surface area contributed by atoms with Crippen LogP contribution in [-0.2, 0) is 11.2 Å². The standard InChI is InChI=1S/C25H27N5O.ClH/c1-2-19-23(18-9-13-31-14-10-18)20(16-27)24-28-21-5-3-4-6-22(21)30(24)25(19)29-11-7-17(15-26)8-12-29;/h3-6,17-18H,2,7-14H2,1H3;1H. The summed E-state index contributed by atoms with van der Waals surface area (Å²) in [5.74, 6) is 1.62. The van der Waals surface area contributed by atoms with Crippen molar-refractivity contribution in [1.82, 2.24) is 9.38 Å². The number of para-hydroxylation sites is 2. The van der Waals surface area contributed by atoms with Crippen LogP contribution in [0.4, 0.5) is 5.82 Å². The van der Waals surface area contributed by atoms with Crippen molar-refractivity contribution in [3.05, 3.63) is 41.0 Å². The number of hydrogen-bond acceptors (Lipinski definition) is 5. The Morgan fingerprint density at radius 1 is 1.09 bits per heavy atom. The average molecular weight is 450 g/mol. The molecule has 2 aliphatic heterocycles. The SMILES string of the molecule is CCc1c(C2CCOCC2)c(C#N)c2nc3ccccc3n2c1N1CCC(C#N)CC1.Cl. The molecule has 2 saturated heterocycles. The van der Waals surface area contributed by atoms with Gasteiger partial charge in [-0.15, -0.1) is 12.4 Å². The number of aromatic nitrogens is 2. The smallest absolute Gasteiger partial charge is 0.157 e. The van der Waals surface area contributed by atoms with Gasteiger partial charge in [0.2, 0.25) is 0 Å². The number of pyridine rings is 1. The maximum atomic E-state index is 10.3. The van der Waals surface area contributed by atoms with Gasteiger partial charge in [0.1, 0.15) is 11.9 Å². The van der Waals surface area contributed by atoms with Gasteiger partial charge in [-0.3, -0.25) is 4.40 Å². The molecule has 0 bridgehead atoms. The number of imidazole rings is 1. The minimum Gasteiger partial charge on any atom is -0.381 e. The van der Waals surface area contributed by atoms with Gasteiger partial charge in [0, 0.05) is 32.2 Å². The van der Waals surface area contributed by atoms with Gasteiger partial charge in [-0.25, -0.2) is 4.98 Å². The van der Waals surface area contributed by atoms with E-state index in [1.807, 2.05) is 18.2 Å². The van der Waals surface area contributed by atoms with Gasteiger partial charge >= 0.3 is 0 Å². The highest BCUT2D eigenvalue weighted by Gasteiger charge is 2.31. The van der Waals surface area contributed by atoms with Gasteiger partial charge in [-0.05, 0) is 61.3 Å². The van der Waals surface area contributed by atoms with Crippen LogP contribution in [-0.4, -0.2) is 35.7 Å². The third-order valence-electron chi connectivity index (χ3n) is 6.93. The molecule has 3 aromatic rings. The number of ether oxygens (including phenoxy) is 1. The first kappa shape index (κ1) is 22.4. The third-order valence-corrected chi connectivity index (χ3v) is 6.93. The van der Waals surface area contributed by atoms with E-state index < -0.39 is 0 Å². The molecule has 4 heterocycles. The molecule has 0 saturated carbocycles. The van der Waals surface area contributed by atoms with Crippen molar-refractivity contribution in [3.8, 4) is 12.1 Å². The van der Waals surface area contributed by atoms with Crippen molar-refractivity contribution in [3.63, 3.8) is 0 Å². The molecule has 0 unspecified atom stereocenters. The summed E-state index contributed by atoms with van der Waals surface area (Å²) in [4.78, 5) is 7.36. The topological polar surface area (TPSA) is 77.3 Å². The molecule has 0 amide bonds. The number of halogens is 1. The summed E-state index contributed by atoms with van der Waals surface area (Å²) in [6.07, 6.45) is 4.49. The zero-order valence-electron chi connectivity index (χ0n) is 18.4. The molecule has 5 rings (SSSR count). The van der Waals surface area contributed by atoms with Crippen molar-refractivity contribution in [1.29, 1.82) is 10.5 Å². The van der Waals surface area contributed by atoms with Gasteiger partial charge in [0.05, 0.1) is 22.7 Å². The summed E-state index contributed by atoms with van der Waals surface area (Å²) in [5, 5.41) is 19.7. The number of nitriles is 2. The molecule has 0 N–H and O–H groups in total. The summed E-state index contributed by atoms with van der Waals surface area (Å²) < 4.78 is 7.84. The van der Waals surface area contributed by atoms with Gasteiger partial charge in [-0.2, -0.15) is 10.5 Å². The molecule has 7 heteroatoms. The Morgan fingerprint density at radius 2 is 1.81 bits per heavy atom. The van der Waals surface area contributed by atoms with Crippen molar-refractivity contribution in [2.24, 2.45) is 5.92 Å². The van der Waals surface area contributed by atoms with Crippen molar-refractivity contribution in [2.45, 2.75) is 44.9 Å². The molecule has 2 aromatic heterocycles. The van der Waals surface area contributed by atoms with Crippen molar-refractivity contribution in [2.75, 3.05) is 31.2 Å². The number of fused-ring (bicyclic) bond motifs is 3. The van der Waals surface area contributed by atoms with E-state index in [2.05, 4.69) is 34.4 Å². The summed E-state index contributed by atoms with van der Waals surface area (Å²) in [7, 11) is 0. The predicted octanol–water partition coefficient (Wildman–Crippen LogP) is 4.98. The van der Waals surface area contributed by atoms with Crippen LogP contribution in [0.15, 0.2) is 24.3 Å². The molecule has 32 heavy (non-hydrogen) atoms. The lowest BCUT2D eigenvalue weighted by molar-refractivity contribution is 0.0851. The quantitative estimate of drug-likeness (QED) is 0.563. The fourth-order valence-corrected chi connectivity index (χ4v) is 5.38. The summed E-state index contributed by atoms with van der Waals surface area (Å²) in [6.45, 7) is 5.38. The van der Waals surface area contributed by atoms with Crippen molar-refractivity contribution >= 4 is 34.9 Å². The predicted molar refractivity (Wildman–Crippen MR) is 127 cm³/mol. The van der Waals surface area contributed by atoms with Crippen LogP contribution in [0, 0.1) is 28.6 Å². The first-order valence-electron chi connectivity index (χ1n) is 11.3. The molecular weight excluding hydrogens is 422 g/mol. The second-order valence-corrected chi connectivity index (χ2v) is 8.59. The van der Waals surface area contributed by atoms with Gasteiger partial charge in [-0.1, -0.05) is 19.1 Å². The van der Waals surface area contributed by atoms with Crippen molar-refractivity contribution < 1.29 is 4.74 Å². The molecule has 0 aliphatic carbocycles. The number of hydrogen-bond donors (Lipinski definition) is 0. The van der Waals surface area contributed by atoms with Crippen LogP contribution < -0.4 is 4.90 Å². The lowest BCUT2D eigenvalue weighted by atomic mass is 9.84. The van der Waals surface area contributed by atoms with Gasteiger partial charge in [0.25, 0.3) is 0 Å². The number of anilines is 1. The number of nitrogens with zero attached hydrogens (tertiary/aromatic N) is 5. The number of benzene rings is 1. The molecule has 0 atom stereocenters. The second-order valence-electron chi connectivity index (χ2n) is 8.59. The second kappa shape index (κ2) is 9.36. The molecule has 1 aromatic carbocycles. The van der Waals surface area contributed by atoms with Crippen LogP contribution >= 0.6 is 12.4 Å². The Bertz CT molecular complexity index is 1210. The Hall–Kier alpha value is -2.80. The molecule has 0 radical (unpaired) electrons. The first-order chi connectivity index (χ1) is 15.3. The van der Waals surface area contributed by atoms with Crippen LogP contribution in [0.1, 0.15) is 55.2 Å². The van der Waals surface area contributed by atoms with Crippen LogP contribution in [0.5, 0.6) is 0 Å². The minimum absolute atomic E-state index is 0. The summed E-state index contributed by atoms with van der Waals surface area (Å²) in [5.41, 5.74) is 5.87. The van der Waals surface area contributed by atoms with Crippen LogP contribution in [0.3, 0.4) is 0 Å². The van der Waals surface area contributed by atoms with Gasteiger partial charge in [0.15, 0.2) is 5.65 Å². The zero-order valence-corrected chi connectivity index (χ0v) is 19.2. The van der Waals surface area contributed by atoms with Gasteiger partial charge < -0.3 is 9.64 Å². The maximum Gasteiger partial charge on any atom is 0.157 e. The molecule has 0 spiro atoms. The fraction of sp³-hybridized carbons (Fsp3) is 0.480. The lowest BCUT2D eigenvalue weighted by Crippen LogP contribution is -2.36. The molecule has 6 nitrogen and oxygen atoms in total. The average Bonchev–Trinajstić information content (AvgIpc) is 3.22. The van der Waals surface area contributed by atoms with E-state index in [0.717, 1.165) is 80.7 Å². The zero-order chi connectivity index (χ0) is 21.4. The normalized spacial score (nSPS) is 17.8. The Morgan fingerprint density at radius 3 is 2.47 bits per heavy atom. The minimum atomic E-state index is 0. The Balaban J connectivity index is 0.00000245. The monoisotopic (exact) mass is 449 g/mol. The fourth-order valence-electron chi connectivity index (χ4n) is 5.38. The van der Waals surface area contributed by atoms with E-state index in [-0.39, 0.29) is 18.3 Å². The van der Waals surface area contributed by atoms with E-state index in [4.69, 9.17) is 9.72 Å². The van der Waals surface area contributed by atoms with E-state index in [9.17, 15) is 10.5 Å². The van der Waals surface area contributed by atoms with Crippen LogP contribution in [0.25, 0.3) is 16.7 Å². The van der Waals surface area contributed by atoms with Crippen LogP contribution in [0.2, 0.25) is 0 Å². The highest BCUT2D eigenvalue weighted by atomic mass is 35.5. The molecule has 2 aliphatic rings. The van der Waals surface area contributed by atoms with E-state index in [0.29, 0.717) is 5.92 Å². The first-order valence-corrected chi connectivity index (χ1v) is 11.3. The molecule has 166 valence electrons. The van der Waals surface area contributed by atoms with E-state index in [1.54, 1.807) is 0 Å². The maximum absolute atomic E-state index is 10.3. The third kappa shape index (κ3) is 3.58. The summed E-state index contributed by atoms with van der Waals surface area (Å²) >= 11 is 0. The Kier molecular flexibility index (Phi) is 6.55. The summed E-state index contributed by atoms with van der Waals surface area (Å²) in [6, 6.07) is 13.1. The Labute approximate surface area is 194 Å². The highest BCUT2D eigenvalue weighted by molar-refractivity contribution is 5.86. The number of rotatable bonds is 3. The number of piperidine rings is 1. The molecular formula is C25H28ClN5O. The largest absolute Gasteiger partial charge is 0.381 e. The molecule has 2 fully saturated rings. The van der Waals surface area contributed by atoms with E-state index >= 15 is 0 Å².